The van der Waals surface area contributed by atoms with Crippen molar-refractivity contribution in [3.63, 3.8) is 0 Å². The third-order valence-corrected chi connectivity index (χ3v) is 5.56. The average Bonchev–Trinajstić information content (AvgIpc) is 2.92. The van der Waals surface area contributed by atoms with Gasteiger partial charge < -0.3 is 5.32 Å². The maximum Gasteiger partial charge on any atom is 0.266 e. The molecule has 1 saturated heterocycles. The number of carbonyl (C=O) groups excluding carboxylic acids is 2. The van der Waals surface area contributed by atoms with Gasteiger partial charge in [0.25, 0.3) is 5.91 Å². The van der Waals surface area contributed by atoms with Crippen molar-refractivity contribution < 1.29 is 9.59 Å². The predicted octanol–water partition coefficient (Wildman–Crippen LogP) is 4.70. The lowest BCUT2D eigenvalue weighted by molar-refractivity contribution is -0.126. The number of benzene rings is 2. The number of nitrogens with one attached hydrogen (secondary N) is 1. The van der Waals surface area contributed by atoms with Crippen LogP contribution < -0.4 is 5.32 Å². The lowest BCUT2D eigenvalue weighted by atomic mass is 10.1. The number of thiocarbonyl (C=S) groups is 1. The molecule has 0 unspecified atom stereocenters. The summed E-state index contributed by atoms with van der Waals surface area (Å²) >= 11 is 6.50. The van der Waals surface area contributed by atoms with Gasteiger partial charge in [-0.3, -0.25) is 14.5 Å². The van der Waals surface area contributed by atoms with E-state index in [0.717, 1.165) is 22.4 Å². The Morgan fingerprint density at radius 1 is 1.18 bits per heavy atom. The van der Waals surface area contributed by atoms with E-state index in [1.807, 2.05) is 74.5 Å². The second-order valence-electron chi connectivity index (χ2n) is 6.43. The molecule has 1 aliphatic rings. The Kier molecular flexibility index (Phi) is 6.44. The first-order valence-electron chi connectivity index (χ1n) is 8.78. The first kappa shape index (κ1) is 20.0. The minimum Gasteiger partial charge on any atom is -0.324 e. The molecule has 0 bridgehead atoms. The molecule has 0 aromatic heterocycles. The topological polar surface area (TPSA) is 49.4 Å². The molecule has 6 heteroatoms. The summed E-state index contributed by atoms with van der Waals surface area (Å²) in [5.41, 5.74) is 3.88. The summed E-state index contributed by atoms with van der Waals surface area (Å²) < 4.78 is 0.389. The summed E-state index contributed by atoms with van der Waals surface area (Å²) in [4.78, 5) is 26.8. The highest BCUT2D eigenvalue weighted by molar-refractivity contribution is 8.26. The van der Waals surface area contributed by atoms with Crippen LogP contribution in [0.1, 0.15) is 16.7 Å². The van der Waals surface area contributed by atoms with Gasteiger partial charge in [0.2, 0.25) is 5.91 Å². The summed E-state index contributed by atoms with van der Waals surface area (Å²) in [5.74, 6) is -0.521. The van der Waals surface area contributed by atoms with Crippen LogP contribution in [-0.4, -0.2) is 27.6 Å². The number of allylic oxidation sites excluding steroid dienone is 2. The second-order valence-corrected chi connectivity index (χ2v) is 8.10. The summed E-state index contributed by atoms with van der Waals surface area (Å²) in [6, 6.07) is 15.6. The van der Waals surface area contributed by atoms with E-state index in [1.54, 1.807) is 6.08 Å². The van der Waals surface area contributed by atoms with Gasteiger partial charge in [0, 0.05) is 5.69 Å². The Balaban J connectivity index is 1.64. The molecule has 2 aromatic rings. The molecule has 1 heterocycles. The van der Waals surface area contributed by atoms with E-state index >= 15 is 0 Å². The fourth-order valence-corrected chi connectivity index (χ4v) is 3.96. The SMILES string of the molecule is Cc1ccc(NC(=O)CN2C(=O)/C(=C\C=C\c3ccccc3)SC2=S)c(C)c1. The molecule has 3 rings (SSSR count). The van der Waals surface area contributed by atoms with Crippen LogP contribution in [0, 0.1) is 13.8 Å². The van der Waals surface area contributed by atoms with Crippen molar-refractivity contribution in [2.75, 3.05) is 11.9 Å². The van der Waals surface area contributed by atoms with Gasteiger partial charge in [-0.2, -0.15) is 0 Å². The van der Waals surface area contributed by atoms with Crippen LogP contribution in [0.2, 0.25) is 0 Å². The van der Waals surface area contributed by atoms with Crippen molar-refractivity contribution >= 4 is 51.9 Å². The Bertz CT molecular complexity index is 981. The zero-order valence-electron chi connectivity index (χ0n) is 15.6. The standard InChI is InChI=1S/C22H20N2O2S2/c1-15-11-12-18(16(2)13-15)23-20(25)14-24-21(26)19(28-22(24)27)10-6-9-17-7-4-3-5-8-17/h3-13H,14H2,1-2H3,(H,23,25)/b9-6+,19-10+. The number of carbonyl (C=O) groups is 2. The second kappa shape index (κ2) is 8.99. The minimum atomic E-state index is -0.274. The number of hydrogen-bond acceptors (Lipinski definition) is 4. The third kappa shape index (κ3) is 4.97. The van der Waals surface area contributed by atoms with Crippen LogP contribution in [-0.2, 0) is 9.59 Å². The Morgan fingerprint density at radius 3 is 2.64 bits per heavy atom. The number of thioether (sulfide) groups is 1. The molecule has 1 fully saturated rings. The van der Waals surface area contributed by atoms with Gasteiger partial charge in [-0.15, -0.1) is 0 Å². The predicted molar refractivity (Wildman–Crippen MR) is 120 cm³/mol. The van der Waals surface area contributed by atoms with E-state index in [4.69, 9.17) is 12.2 Å². The zero-order chi connectivity index (χ0) is 20.1. The van der Waals surface area contributed by atoms with Crippen LogP contribution in [0.25, 0.3) is 6.08 Å². The first-order valence-corrected chi connectivity index (χ1v) is 10.0. The van der Waals surface area contributed by atoms with E-state index < -0.39 is 0 Å². The van der Waals surface area contributed by atoms with Crippen molar-refractivity contribution in [2.24, 2.45) is 0 Å². The van der Waals surface area contributed by atoms with Crippen LogP contribution in [0.15, 0.2) is 65.6 Å². The molecule has 28 heavy (non-hydrogen) atoms. The molecule has 0 atom stereocenters. The molecule has 4 nitrogen and oxygen atoms in total. The van der Waals surface area contributed by atoms with Crippen LogP contribution in [0.3, 0.4) is 0 Å². The van der Waals surface area contributed by atoms with Crippen molar-refractivity contribution in [3.05, 3.63) is 82.3 Å². The highest BCUT2D eigenvalue weighted by Crippen LogP contribution is 2.31. The highest BCUT2D eigenvalue weighted by atomic mass is 32.2. The number of anilines is 1. The van der Waals surface area contributed by atoms with E-state index in [0.29, 0.717) is 9.23 Å². The van der Waals surface area contributed by atoms with E-state index in [2.05, 4.69) is 5.32 Å². The molecular formula is C22H20N2O2S2. The van der Waals surface area contributed by atoms with Crippen LogP contribution in [0.4, 0.5) is 5.69 Å². The van der Waals surface area contributed by atoms with Gasteiger partial charge in [0.1, 0.15) is 10.9 Å². The monoisotopic (exact) mass is 408 g/mol. The highest BCUT2D eigenvalue weighted by Gasteiger charge is 2.33. The fourth-order valence-electron chi connectivity index (χ4n) is 2.75. The van der Waals surface area contributed by atoms with Gasteiger partial charge in [-0.1, -0.05) is 84.2 Å². The zero-order valence-corrected chi connectivity index (χ0v) is 17.3. The number of nitrogens with zero attached hydrogens (tertiary/aromatic N) is 1. The minimum absolute atomic E-state index is 0.0995. The van der Waals surface area contributed by atoms with Gasteiger partial charge >= 0.3 is 0 Å². The van der Waals surface area contributed by atoms with Gasteiger partial charge in [-0.25, -0.2) is 0 Å². The molecule has 1 aliphatic heterocycles. The van der Waals surface area contributed by atoms with Gasteiger partial charge in [0.15, 0.2) is 0 Å². The largest absolute Gasteiger partial charge is 0.324 e. The third-order valence-electron chi connectivity index (χ3n) is 4.17. The molecule has 2 amide bonds. The van der Waals surface area contributed by atoms with Crippen molar-refractivity contribution in [3.8, 4) is 0 Å². The summed E-state index contributed by atoms with van der Waals surface area (Å²) in [6.45, 7) is 3.83. The molecule has 0 spiro atoms. The number of rotatable bonds is 5. The summed E-state index contributed by atoms with van der Waals surface area (Å²) in [7, 11) is 0. The summed E-state index contributed by atoms with van der Waals surface area (Å²) in [6.07, 6.45) is 5.46. The van der Waals surface area contributed by atoms with E-state index in [9.17, 15) is 9.59 Å². The quantitative estimate of drug-likeness (QED) is 0.576. The molecule has 0 saturated carbocycles. The van der Waals surface area contributed by atoms with Crippen LogP contribution in [0.5, 0.6) is 0 Å². The molecule has 1 N–H and O–H groups in total. The lowest BCUT2D eigenvalue weighted by Gasteiger charge is -2.15. The first-order chi connectivity index (χ1) is 13.4. The van der Waals surface area contributed by atoms with Crippen molar-refractivity contribution in [1.29, 1.82) is 0 Å². The van der Waals surface area contributed by atoms with E-state index in [-0.39, 0.29) is 18.4 Å². The van der Waals surface area contributed by atoms with Gasteiger partial charge in [-0.05, 0) is 37.1 Å². The van der Waals surface area contributed by atoms with E-state index in [1.165, 1.54) is 16.7 Å². The van der Waals surface area contributed by atoms with Crippen molar-refractivity contribution in [1.82, 2.24) is 4.90 Å². The normalized spacial score (nSPS) is 15.6. The Hall–Kier alpha value is -2.70. The molecular weight excluding hydrogens is 388 g/mol. The number of hydrogen-bond donors (Lipinski definition) is 1. The number of aryl methyl sites for hydroxylation is 2. The smallest absolute Gasteiger partial charge is 0.266 e. The summed E-state index contributed by atoms with van der Waals surface area (Å²) in [5, 5.41) is 2.85. The van der Waals surface area contributed by atoms with Gasteiger partial charge in [0.05, 0.1) is 4.91 Å². The van der Waals surface area contributed by atoms with Crippen LogP contribution >= 0.6 is 24.0 Å². The maximum atomic E-state index is 12.6. The lowest BCUT2D eigenvalue weighted by Crippen LogP contribution is -2.36. The molecule has 142 valence electrons. The Morgan fingerprint density at radius 2 is 1.93 bits per heavy atom. The average molecular weight is 409 g/mol. The van der Waals surface area contributed by atoms with Crippen molar-refractivity contribution in [2.45, 2.75) is 13.8 Å². The number of amides is 2. The molecule has 0 radical (unpaired) electrons. The molecule has 0 aliphatic carbocycles. The molecule has 2 aromatic carbocycles. The Labute approximate surface area is 174 Å². The fraction of sp³-hybridized carbons (Fsp3) is 0.136. The maximum absolute atomic E-state index is 12.6.